The monoisotopic (exact) mass is 591 g/mol. The van der Waals surface area contributed by atoms with E-state index in [1.807, 2.05) is 104 Å². The number of amides is 3. The summed E-state index contributed by atoms with van der Waals surface area (Å²) in [7, 11) is 0. The van der Waals surface area contributed by atoms with Crippen LogP contribution in [-0.2, 0) is 25.7 Å². The van der Waals surface area contributed by atoms with Crippen LogP contribution in [0.5, 0.6) is 0 Å². The van der Waals surface area contributed by atoms with Crippen LogP contribution in [0.2, 0.25) is 0 Å². The first kappa shape index (κ1) is 28.5. The van der Waals surface area contributed by atoms with Gasteiger partial charge in [-0.05, 0) is 48.2 Å². The predicted molar refractivity (Wildman–Crippen MR) is 167 cm³/mol. The lowest BCUT2D eigenvalue weighted by Crippen LogP contribution is -2.56. The van der Waals surface area contributed by atoms with E-state index < -0.39 is 29.1 Å². The van der Waals surface area contributed by atoms with Crippen LogP contribution in [0.15, 0.2) is 97.1 Å². The second kappa shape index (κ2) is 11.0. The van der Waals surface area contributed by atoms with Gasteiger partial charge in [0, 0.05) is 38.5 Å². The van der Waals surface area contributed by atoms with E-state index in [0.717, 1.165) is 22.0 Å². The van der Waals surface area contributed by atoms with Crippen LogP contribution in [0.1, 0.15) is 25.3 Å². The third-order valence-electron chi connectivity index (χ3n) is 9.71. The maximum Gasteiger partial charge on any atom is 0.253 e. The van der Waals surface area contributed by atoms with Gasteiger partial charge in [0.2, 0.25) is 11.8 Å². The largest absolute Gasteiger partial charge is 0.396 e. The topological polar surface area (TPSA) is 90.4 Å². The number of unbranched alkanes of at least 4 members (excludes halogenated alkanes) is 1. The fourth-order valence-electron chi connectivity index (χ4n) is 7.73. The number of carbonyl (C=O) groups is 3. The summed E-state index contributed by atoms with van der Waals surface area (Å²) in [6.45, 7) is 3.29. The van der Waals surface area contributed by atoms with E-state index in [4.69, 9.17) is 4.74 Å². The van der Waals surface area contributed by atoms with Crippen LogP contribution < -0.4 is 4.90 Å². The molecule has 8 heteroatoms. The van der Waals surface area contributed by atoms with Gasteiger partial charge in [-0.3, -0.25) is 14.4 Å². The lowest BCUT2D eigenvalue weighted by atomic mass is 9.74. The van der Waals surface area contributed by atoms with E-state index in [1.165, 1.54) is 0 Å². The summed E-state index contributed by atoms with van der Waals surface area (Å²) >= 11 is 0. The van der Waals surface area contributed by atoms with Crippen molar-refractivity contribution in [3.8, 4) is 0 Å². The third-order valence-corrected chi connectivity index (χ3v) is 9.71. The summed E-state index contributed by atoms with van der Waals surface area (Å²) in [4.78, 5) is 48.8. The van der Waals surface area contributed by atoms with Crippen LogP contribution in [0.4, 0.5) is 5.69 Å². The smallest absolute Gasteiger partial charge is 0.253 e. The van der Waals surface area contributed by atoms with Gasteiger partial charge in [-0.2, -0.15) is 0 Å². The van der Waals surface area contributed by atoms with Gasteiger partial charge in [-0.25, -0.2) is 0 Å². The van der Waals surface area contributed by atoms with E-state index >= 15 is 0 Å². The normalized spacial score (nSPS) is 29.5. The maximum absolute atomic E-state index is 14.7. The highest BCUT2D eigenvalue weighted by Gasteiger charge is 2.74. The average molecular weight is 592 g/mol. The molecule has 5 atom stereocenters. The summed E-state index contributed by atoms with van der Waals surface area (Å²) in [5, 5.41) is 11.6. The van der Waals surface area contributed by atoms with Gasteiger partial charge in [0.15, 0.2) is 0 Å². The molecule has 0 bridgehead atoms. The minimum Gasteiger partial charge on any atom is -0.396 e. The Morgan fingerprint density at radius 2 is 1.57 bits per heavy atom. The van der Waals surface area contributed by atoms with Crippen molar-refractivity contribution in [2.45, 2.75) is 43.6 Å². The number of fused-ring (bicyclic) bond motifs is 3. The molecule has 0 saturated carbocycles. The summed E-state index contributed by atoms with van der Waals surface area (Å²) < 4.78 is 6.95. The van der Waals surface area contributed by atoms with Gasteiger partial charge in [-0.15, -0.1) is 0 Å². The number of anilines is 1. The van der Waals surface area contributed by atoms with Crippen LogP contribution >= 0.6 is 0 Å². The molecule has 1 N–H and O–H groups in total. The molecule has 2 fully saturated rings. The molecule has 4 heterocycles. The number of hydrogen-bond donors (Lipinski definition) is 1. The second-order valence-electron chi connectivity index (χ2n) is 12.4. The highest BCUT2D eigenvalue weighted by atomic mass is 16.5. The third kappa shape index (κ3) is 4.47. The Labute approximate surface area is 257 Å². The summed E-state index contributed by atoms with van der Waals surface area (Å²) in [6.07, 6.45) is 8.69. The minimum absolute atomic E-state index is 0.00669. The summed E-state index contributed by atoms with van der Waals surface area (Å²) in [5.74, 6) is -2.29. The van der Waals surface area contributed by atoms with Crippen LogP contribution in [0.25, 0.3) is 10.8 Å². The highest BCUT2D eigenvalue weighted by molar-refractivity contribution is 6.06. The fourth-order valence-corrected chi connectivity index (χ4v) is 7.73. The van der Waals surface area contributed by atoms with Crippen molar-refractivity contribution in [2.75, 3.05) is 31.1 Å². The number of carbonyl (C=O) groups excluding carboxylic acids is 3. The molecule has 1 unspecified atom stereocenters. The molecule has 0 aliphatic carbocycles. The minimum atomic E-state index is -1.31. The molecule has 4 aliphatic rings. The van der Waals surface area contributed by atoms with Crippen molar-refractivity contribution in [1.82, 2.24) is 9.80 Å². The van der Waals surface area contributed by atoms with Crippen molar-refractivity contribution in [2.24, 2.45) is 11.8 Å². The zero-order chi connectivity index (χ0) is 30.5. The lowest BCUT2D eigenvalue weighted by molar-refractivity contribution is -0.148. The standard InChI is InChI=1S/C36H37N3O5/c1-35-17-9-19-37(24-25-11-3-2-4-12-25)32(41)29(35)30-33(42)39(20-7-8-22-40)31-34(43)38(21-10-18-36(30,31)44-35)28-16-15-26-13-5-6-14-27(26)23-28/h2-6,9-18,23,29-31,40H,7-8,19-22,24H2,1H3/t29-,30+,31?,35+,36+/m1/s1. The molecule has 0 radical (unpaired) electrons. The molecule has 1 spiro atoms. The van der Waals surface area contributed by atoms with E-state index in [0.29, 0.717) is 32.5 Å². The Morgan fingerprint density at radius 1 is 0.818 bits per heavy atom. The Morgan fingerprint density at radius 3 is 2.36 bits per heavy atom. The Kier molecular flexibility index (Phi) is 7.14. The van der Waals surface area contributed by atoms with Crippen LogP contribution in [0.3, 0.4) is 0 Å². The SMILES string of the molecule is C[C@]12C=CCN(Cc3ccccc3)C(=O)[C@H]1[C@H]1C(=O)N(CCCCO)C3C(=O)N(c4ccc5ccccc5c4)CC=C[C@@]31O2. The first-order valence-corrected chi connectivity index (χ1v) is 15.5. The molecule has 3 amide bonds. The molecule has 4 aliphatic heterocycles. The van der Waals surface area contributed by atoms with Crippen molar-refractivity contribution in [3.63, 3.8) is 0 Å². The second-order valence-corrected chi connectivity index (χ2v) is 12.4. The number of hydrogen-bond acceptors (Lipinski definition) is 5. The van der Waals surface area contributed by atoms with Gasteiger partial charge in [0.1, 0.15) is 11.6 Å². The first-order chi connectivity index (χ1) is 21.4. The number of likely N-dealkylation sites (tertiary alicyclic amines) is 1. The molecule has 226 valence electrons. The molecule has 7 rings (SSSR count). The van der Waals surface area contributed by atoms with E-state index in [1.54, 1.807) is 14.7 Å². The van der Waals surface area contributed by atoms with E-state index in [2.05, 4.69) is 0 Å². The number of aliphatic hydroxyl groups excluding tert-OH is 1. The highest BCUT2D eigenvalue weighted by Crippen LogP contribution is 2.57. The van der Waals surface area contributed by atoms with Crippen molar-refractivity contribution in [3.05, 3.63) is 103 Å². The number of benzene rings is 3. The molecule has 2 saturated heterocycles. The predicted octanol–water partition coefficient (Wildman–Crippen LogP) is 4.08. The Hall–Kier alpha value is -4.27. The maximum atomic E-state index is 14.7. The molecule has 3 aromatic carbocycles. The Bertz CT molecular complexity index is 1670. The molecule has 8 nitrogen and oxygen atoms in total. The average Bonchev–Trinajstić information content (AvgIpc) is 3.30. The fraction of sp³-hybridized carbons (Fsp3) is 0.361. The van der Waals surface area contributed by atoms with Crippen molar-refractivity contribution in [1.29, 1.82) is 0 Å². The van der Waals surface area contributed by atoms with Crippen molar-refractivity contribution < 1.29 is 24.2 Å². The van der Waals surface area contributed by atoms with E-state index in [-0.39, 0.29) is 30.9 Å². The lowest BCUT2D eigenvalue weighted by Gasteiger charge is -2.37. The zero-order valence-corrected chi connectivity index (χ0v) is 24.8. The molecule has 0 aromatic heterocycles. The van der Waals surface area contributed by atoms with Gasteiger partial charge in [-0.1, -0.05) is 85.0 Å². The van der Waals surface area contributed by atoms with Crippen LogP contribution in [-0.4, -0.2) is 76.1 Å². The van der Waals surface area contributed by atoms with E-state index in [9.17, 15) is 19.5 Å². The number of nitrogens with zero attached hydrogens (tertiary/aromatic N) is 3. The zero-order valence-electron chi connectivity index (χ0n) is 24.8. The number of ether oxygens (including phenoxy) is 1. The molecule has 3 aromatic rings. The first-order valence-electron chi connectivity index (χ1n) is 15.5. The van der Waals surface area contributed by atoms with Crippen molar-refractivity contribution >= 4 is 34.2 Å². The molecular formula is C36H37N3O5. The van der Waals surface area contributed by atoms with Gasteiger partial charge < -0.3 is 24.5 Å². The Balaban J connectivity index is 1.29. The summed E-state index contributed by atoms with van der Waals surface area (Å²) in [5.41, 5.74) is -0.636. The van der Waals surface area contributed by atoms with Gasteiger partial charge in [0.25, 0.3) is 5.91 Å². The molecule has 44 heavy (non-hydrogen) atoms. The number of aliphatic hydroxyl groups is 1. The van der Waals surface area contributed by atoms with Gasteiger partial charge in [0.05, 0.1) is 17.4 Å². The summed E-state index contributed by atoms with van der Waals surface area (Å²) in [6, 6.07) is 22.8. The quantitative estimate of drug-likeness (QED) is 0.330. The number of rotatable bonds is 7. The van der Waals surface area contributed by atoms with Crippen LogP contribution in [0, 0.1) is 11.8 Å². The van der Waals surface area contributed by atoms with Gasteiger partial charge >= 0.3 is 0 Å². The molecular weight excluding hydrogens is 554 g/mol.